The molecule has 1 rings (SSSR count). The highest BCUT2D eigenvalue weighted by molar-refractivity contribution is 4.79. The second-order valence-corrected chi connectivity index (χ2v) is 1.03. The predicted molar refractivity (Wildman–Crippen MR) is 18.2 cm³/mol. The minimum atomic E-state index is -0.0602. The summed E-state index contributed by atoms with van der Waals surface area (Å²) in [6.07, 6.45) is 1.84. The summed E-state index contributed by atoms with van der Waals surface area (Å²) in [5.74, 6) is 0. The zero-order valence-corrected chi connectivity index (χ0v) is 2.85. The molecule has 1 radical (unpaired) electrons. The zero-order chi connectivity index (χ0) is 3.70. The SMILES string of the molecule is NC1[CH]CO1. The van der Waals surface area contributed by atoms with Crippen LogP contribution in [0.5, 0.6) is 0 Å². The molecular weight excluding hydrogens is 66.0 g/mol. The highest BCUT2D eigenvalue weighted by atomic mass is 16.5. The van der Waals surface area contributed by atoms with Crippen LogP contribution in [0.3, 0.4) is 0 Å². The third kappa shape index (κ3) is 0.412. The fraction of sp³-hybridized carbons (Fsp3) is 0.667. The summed E-state index contributed by atoms with van der Waals surface area (Å²) in [5, 5.41) is 0. The van der Waals surface area contributed by atoms with E-state index in [-0.39, 0.29) is 6.23 Å². The quantitative estimate of drug-likeness (QED) is 0.419. The van der Waals surface area contributed by atoms with E-state index < -0.39 is 0 Å². The average molecular weight is 72.1 g/mol. The molecule has 0 amide bonds. The smallest absolute Gasteiger partial charge is 0.111 e. The Balaban J connectivity index is 2.08. The van der Waals surface area contributed by atoms with Crippen LogP contribution in [-0.4, -0.2) is 12.8 Å². The zero-order valence-electron chi connectivity index (χ0n) is 2.85. The molecule has 29 valence electrons. The van der Waals surface area contributed by atoms with Gasteiger partial charge >= 0.3 is 0 Å². The van der Waals surface area contributed by atoms with Crippen LogP contribution in [0, 0.1) is 6.42 Å². The Morgan fingerprint density at radius 1 is 2.00 bits per heavy atom. The van der Waals surface area contributed by atoms with Crippen molar-refractivity contribution in [2.75, 3.05) is 6.61 Å². The van der Waals surface area contributed by atoms with E-state index in [0.717, 1.165) is 6.61 Å². The Bertz CT molecular complexity index is 33.9. The van der Waals surface area contributed by atoms with Crippen LogP contribution in [0.15, 0.2) is 0 Å². The van der Waals surface area contributed by atoms with E-state index in [2.05, 4.69) is 4.74 Å². The van der Waals surface area contributed by atoms with E-state index >= 15 is 0 Å². The van der Waals surface area contributed by atoms with Gasteiger partial charge in [0.15, 0.2) is 0 Å². The first kappa shape index (κ1) is 3.12. The molecular formula is C3H6NO. The summed E-state index contributed by atoms with van der Waals surface area (Å²) in [5.41, 5.74) is 5.10. The van der Waals surface area contributed by atoms with E-state index in [0.29, 0.717) is 0 Å². The first-order valence-electron chi connectivity index (χ1n) is 1.60. The highest BCUT2D eigenvalue weighted by Crippen LogP contribution is 1.99. The predicted octanol–water partition coefficient (Wildman–Crippen LogP) is -0.494. The molecule has 0 aliphatic carbocycles. The summed E-state index contributed by atoms with van der Waals surface area (Å²) in [6.45, 7) is 0.737. The molecule has 0 aromatic carbocycles. The standard InChI is InChI=1S/C3H6NO/c4-3-1-2-5-3/h1,3H,2,4H2. The molecule has 0 bridgehead atoms. The van der Waals surface area contributed by atoms with Crippen molar-refractivity contribution >= 4 is 0 Å². The van der Waals surface area contributed by atoms with Gasteiger partial charge in [-0.3, -0.25) is 0 Å². The molecule has 5 heavy (non-hydrogen) atoms. The lowest BCUT2D eigenvalue weighted by atomic mass is 10.3. The number of rotatable bonds is 0. The van der Waals surface area contributed by atoms with Crippen LogP contribution in [0.25, 0.3) is 0 Å². The van der Waals surface area contributed by atoms with Gasteiger partial charge in [-0.25, -0.2) is 0 Å². The minimum Gasteiger partial charge on any atom is -0.363 e. The fourth-order valence-corrected chi connectivity index (χ4v) is 0.207. The van der Waals surface area contributed by atoms with Crippen molar-refractivity contribution in [3.8, 4) is 0 Å². The van der Waals surface area contributed by atoms with Crippen LogP contribution >= 0.6 is 0 Å². The molecule has 0 saturated carbocycles. The summed E-state index contributed by atoms with van der Waals surface area (Å²) >= 11 is 0. The third-order valence-corrected chi connectivity index (χ3v) is 0.617. The number of ether oxygens (including phenoxy) is 1. The maximum Gasteiger partial charge on any atom is 0.111 e. The molecule has 2 heteroatoms. The van der Waals surface area contributed by atoms with Crippen molar-refractivity contribution in [2.24, 2.45) is 5.73 Å². The molecule has 2 nitrogen and oxygen atoms in total. The van der Waals surface area contributed by atoms with Gasteiger partial charge < -0.3 is 10.5 Å². The van der Waals surface area contributed by atoms with Gasteiger partial charge in [0.25, 0.3) is 0 Å². The molecule has 1 aliphatic heterocycles. The van der Waals surface area contributed by atoms with Gasteiger partial charge in [-0.1, -0.05) is 0 Å². The van der Waals surface area contributed by atoms with E-state index in [1.54, 1.807) is 0 Å². The van der Waals surface area contributed by atoms with Crippen molar-refractivity contribution in [3.63, 3.8) is 0 Å². The van der Waals surface area contributed by atoms with Crippen molar-refractivity contribution in [3.05, 3.63) is 6.42 Å². The van der Waals surface area contributed by atoms with Gasteiger partial charge in [-0.05, 0) is 0 Å². The Kier molecular flexibility index (Phi) is 0.596. The molecule has 2 N–H and O–H groups in total. The number of nitrogens with two attached hydrogens (primary N) is 1. The maximum atomic E-state index is 5.10. The monoisotopic (exact) mass is 72.0 g/mol. The van der Waals surface area contributed by atoms with Crippen LogP contribution in [0.1, 0.15) is 0 Å². The van der Waals surface area contributed by atoms with Gasteiger partial charge in [-0.15, -0.1) is 0 Å². The first-order valence-corrected chi connectivity index (χ1v) is 1.60. The molecule has 1 unspecified atom stereocenters. The third-order valence-electron chi connectivity index (χ3n) is 0.617. The van der Waals surface area contributed by atoms with Gasteiger partial charge in [0.2, 0.25) is 0 Å². The van der Waals surface area contributed by atoms with Crippen LogP contribution in [0.2, 0.25) is 0 Å². The second kappa shape index (κ2) is 0.954. The highest BCUT2D eigenvalue weighted by Gasteiger charge is 2.10. The van der Waals surface area contributed by atoms with E-state index in [9.17, 15) is 0 Å². The van der Waals surface area contributed by atoms with Gasteiger partial charge in [0, 0.05) is 6.42 Å². The van der Waals surface area contributed by atoms with Gasteiger partial charge in [0.1, 0.15) is 6.23 Å². The lowest BCUT2D eigenvalue weighted by molar-refractivity contribution is 0.0140. The van der Waals surface area contributed by atoms with Gasteiger partial charge in [-0.2, -0.15) is 0 Å². The minimum absolute atomic E-state index is 0.0602. The van der Waals surface area contributed by atoms with Gasteiger partial charge in [0.05, 0.1) is 6.61 Å². The molecule has 0 aromatic heterocycles. The maximum absolute atomic E-state index is 5.10. The summed E-state index contributed by atoms with van der Waals surface area (Å²) in [7, 11) is 0. The Labute approximate surface area is 30.9 Å². The van der Waals surface area contributed by atoms with E-state index in [1.807, 2.05) is 6.42 Å². The topological polar surface area (TPSA) is 35.2 Å². The molecule has 0 spiro atoms. The lowest BCUT2D eigenvalue weighted by Crippen LogP contribution is -2.35. The van der Waals surface area contributed by atoms with Crippen LogP contribution in [-0.2, 0) is 4.74 Å². The Morgan fingerprint density at radius 2 is 2.40 bits per heavy atom. The van der Waals surface area contributed by atoms with Crippen LogP contribution < -0.4 is 5.73 Å². The average Bonchev–Trinajstić information content (AvgIpc) is 1.30. The second-order valence-electron chi connectivity index (χ2n) is 1.03. The number of hydrogen-bond acceptors (Lipinski definition) is 2. The molecule has 1 atom stereocenters. The molecule has 0 aromatic rings. The normalized spacial score (nSPS) is 36.6. The molecule has 1 saturated heterocycles. The van der Waals surface area contributed by atoms with Crippen LogP contribution in [0.4, 0.5) is 0 Å². The summed E-state index contributed by atoms with van der Waals surface area (Å²) in [6, 6.07) is 0. The summed E-state index contributed by atoms with van der Waals surface area (Å²) < 4.78 is 4.65. The molecule has 1 heterocycles. The molecule has 1 fully saturated rings. The fourth-order valence-electron chi connectivity index (χ4n) is 0.207. The van der Waals surface area contributed by atoms with E-state index in [4.69, 9.17) is 5.73 Å². The first-order chi connectivity index (χ1) is 2.39. The number of hydrogen-bond donors (Lipinski definition) is 1. The lowest BCUT2D eigenvalue weighted by Gasteiger charge is -2.20. The summed E-state index contributed by atoms with van der Waals surface area (Å²) in [4.78, 5) is 0. The Hall–Kier alpha value is -0.0800. The molecule has 1 aliphatic rings. The van der Waals surface area contributed by atoms with Crippen molar-refractivity contribution < 1.29 is 4.74 Å². The largest absolute Gasteiger partial charge is 0.363 e. The van der Waals surface area contributed by atoms with Crippen molar-refractivity contribution in [1.29, 1.82) is 0 Å². The Morgan fingerprint density at radius 3 is 2.40 bits per heavy atom. The van der Waals surface area contributed by atoms with Crippen molar-refractivity contribution in [2.45, 2.75) is 6.23 Å². The van der Waals surface area contributed by atoms with Crippen molar-refractivity contribution in [1.82, 2.24) is 0 Å². The van der Waals surface area contributed by atoms with E-state index in [1.165, 1.54) is 0 Å².